The first-order valence-corrected chi connectivity index (χ1v) is 6.15. The number of halogens is 1. The summed E-state index contributed by atoms with van der Waals surface area (Å²) in [5.41, 5.74) is 9.35. The SMILES string of the molecule is COc1cc(C(N)c2cccc(Cl)c2)ccc1C. The molecule has 0 fully saturated rings. The minimum absolute atomic E-state index is 0.196. The number of aryl methyl sites for hydroxylation is 1. The van der Waals surface area contributed by atoms with Gasteiger partial charge in [0.2, 0.25) is 0 Å². The Kier molecular flexibility index (Phi) is 3.90. The van der Waals surface area contributed by atoms with Crippen molar-refractivity contribution in [2.75, 3.05) is 7.11 Å². The van der Waals surface area contributed by atoms with Crippen LogP contribution in [0.25, 0.3) is 0 Å². The van der Waals surface area contributed by atoms with Crippen molar-refractivity contribution in [1.29, 1.82) is 0 Å². The lowest BCUT2D eigenvalue weighted by molar-refractivity contribution is 0.411. The lowest BCUT2D eigenvalue weighted by Crippen LogP contribution is -2.12. The number of methoxy groups -OCH3 is 1. The van der Waals surface area contributed by atoms with Crippen molar-refractivity contribution in [3.05, 3.63) is 64.2 Å². The zero-order valence-corrected chi connectivity index (χ0v) is 11.2. The third kappa shape index (κ3) is 2.66. The number of rotatable bonds is 3. The minimum atomic E-state index is -0.196. The van der Waals surface area contributed by atoms with Crippen molar-refractivity contribution in [1.82, 2.24) is 0 Å². The van der Waals surface area contributed by atoms with Crippen LogP contribution in [0.15, 0.2) is 42.5 Å². The van der Waals surface area contributed by atoms with E-state index in [-0.39, 0.29) is 6.04 Å². The van der Waals surface area contributed by atoms with Crippen molar-refractivity contribution < 1.29 is 4.74 Å². The van der Waals surface area contributed by atoms with Gasteiger partial charge >= 0.3 is 0 Å². The summed E-state index contributed by atoms with van der Waals surface area (Å²) in [6, 6.07) is 13.4. The third-order valence-electron chi connectivity index (χ3n) is 3.00. The molecule has 2 rings (SSSR count). The van der Waals surface area contributed by atoms with Gasteiger partial charge in [-0.05, 0) is 41.8 Å². The van der Waals surface area contributed by atoms with E-state index in [1.165, 1.54) is 0 Å². The van der Waals surface area contributed by atoms with Crippen LogP contribution in [0.1, 0.15) is 22.7 Å². The van der Waals surface area contributed by atoms with E-state index in [2.05, 4.69) is 0 Å². The van der Waals surface area contributed by atoms with Crippen molar-refractivity contribution in [3.8, 4) is 5.75 Å². The van der Waals surface area contributed by atoms with Crippen LogP contribution in [0.5, 0.6) is 5.75 Å². The normalized spacial score (nSPS) is 12.2. The molecule has 2 N–H and O–H groups in total. The summed E-state index contributed by atoms with van der Waals surface area (Å²) in [6.07, 6.45) is 0. The number of hydrogen-bond acceptors (Lipinski definition) is 2. The Bertz CT molecular complexity index is 554. The highest BCUT2D eigenvalue weighted by Gasteiger charge is 2.11. The first-order valence-electron chi connectivity index (χ1n) is 5.77. The largest absolute Gasteiger partial charge is 0.496 e. The molecule has 18 heavy (non-hydrogen) atoms. The predicted molar refractivity (Wildman–Crippen MR) is 75.2 cm³/mol. The van der Waals surface area contributed by atoms with Crippen LogP contribution in [0.3, 0.4) is 0 Å². The molecule has 0 heterocycles. The Labute approximate surface area is 112 Å². The van der Waals surface area contributed by atoms with Gasteiger partial charge in [0.1, 0.15) is 5.75 Å². The molecule has 3 heteroatoms. The maximum Gasteiger partial charge on any atom is 0.122 e. The fraction of sp³-hybridized carbons (Fsp3) is 0.200. The molecule has 1 atom stereocenters. The molecule has 0 aliphatic rings. The van der Waals surface area contributed by atoms with Gasteiger partial charge in [-0.15, -0.1) is 0 Å². The molecule has 0 aliphatic carbocycles. The van der Waals surface area contributed by atoms with Crippen molar-refractivity contribution in [2.24, 2.45) is 5.73 Å². The smallest absolute Gasteiger partial charge is 0.122 e. The first kappa shape index (κ1) is 12.9. The highest BCUT2D eigenvalue weighted by atomic mass is 35.5. The lowest BCUT2D eigenvalue weighted by Gasteiger charge is -2.15. The van der Waals surface area contributed by atoms with E-state index in [1.54, 1.807) is 7.11 Å². The quantitative estimate of drug-likeness (QED) is 0.914. The second-order valence-corrected chi connectivity index (χ2v) is 4.70. The van der Waals surface area contributed by atoms with Crippen LogP contribution in [0.2, 0.25) is 5.02 Å². The molecule has 0 aromatic heterocycles. The van der Waals surface area contributed by atoms with E-state index < -0.39 is 0 Å². The maximum atomic E-state index is 6.24. The monoisotopic (exact) mass is 261 g/mol. The highest BCUT2D eigenvalue weighted by molar-refractivity contribution is 6.30. The maximum absolute atomic E-state index is 6.24. The zero-order chi connectivity index (χ0) is 13.1. The Balaban J connectivity index is 2.36. The molecule has 0 amide bonds. The molecule has 0 spiro atoms. The molecular weight excluding hydrogens is 246 g/mol. The molecule has 2 nitrogen and oxygen atoms in total. The number of benzene rings is 2. The van der Waals surface area contributed by atoms with Crippen LogP contribution in [0.4, 0.5) is 0 Å². The molecule has 0 bridgehead atoms. The summed E-state index contributed by atoms with van der Waals surface area (Å²) < 4.78 is 5.31. The Morgan fingerprint density at radius 2 is 1.83 bits per heavy atom. The molecular formula is C15H16ClNO. The molecule has 2 aromatic rings. The van der Waals surface area contributed by atoms with Gasteiger partial charge in [-0.25, -0.2) is 0 Å². The van der Waals surface area contributed by atoms with Crippen LogP contribution >= 0.6 is 11.6 Å². The zero-order valence-electron chi connectivity index (χ0n) is 10.5. The van der Waals surface area contributed by atoms with Crippen molar-refractivity contribution in [3.63, 3.8) is 0 Å². The minimum Gasteiger partial charge on any atom is -0.496 e. The summed E-state index contributed by atoms with van der Waals surface area (Å²) in [5.74, 6) is 0.852. The molecule has 0 radical (unpaired) electrons. The molecule has 0 saturated carbocycles. The van der Waals surface area contributed by atoms with Gasteiger partial charge in [0, 0.05) is 5.02 Å². The van der Waals surface area contributed by atoms with E-state index >= 15 is 0 Å². The highest BCUT2D eigenvalue weighted by Crippen LogP contribution is 2.27. The van der Waals surface area contributed by atoms with E-state index in [0.29, 0.717) is 5.02 Å². The van der Waals surface area contributed by atoms with Crippen LogP contribution in [-0.4, -0.2) is 7.11 Å². The molecule has 94 valence electrons. The Morgan fingerprint density at radius 1 is 1.11 bits per heavy atom. The number of nitrogens with two attached hydrogens (primary N) is 1. The second-order valence-electron chi connectivity index (χ2n) is 4.26. The summed E-state index contributed by atoms with van der Waals surface area (Å²) in [4.78, 5) is 0. The second kappa shape index (κ2) is 5.42. The average Bonchev–Trinajstić information content (AvgIpc) is 2.38. The molecule has 0 aliphatic heterocycles. The fourth-order valence-corrected chi connectivity index (χ4v) is 2.12. The summed E-state index contributed by atoms with van der Waals surface area (Å²) in [5, 5.41) is 0.696. The van der Waals surface area contributed by atoms with Gasteiger partial charge in [0.25, 0.3) is 0 Å². The average molecular weight is 262 g/mol. The Hall–Kier alpha value is -1.51. The van der Waals surface area contributed by atoms with Crippen LogP contribution in [-0.2, 0) is 0 Å². The molecule has 2 aromatic carbocycles. The number of ether oxygens (including phenoxy) is 1. The summed E-state index contributed by atoms with van der Waals surface area (Å²) in [6.45, 7) is 2.01. The lowest BCUT2D eigenvalue weighted by atomic mass is 9.98. The van der Waals surface area contributed by atoms with E-state index in [0.717, 1.165) is 22.4 Å². The summed E-state index contributed by atoms with van der Waals surface area (Å²) in [7, 11) is 1.66. The molecule has 0 saturated heterocycles. The standard InChI is InChI=1S/C15H16ClNO/c1-10-6-7-12(9-14(10)18-2)15(17)11-4-3-5-13(16)8-11/h3-9,15H,17H2,1-2H3. The van der Waals surface area contributed by atoms with Gasteiger partial charge in [-0.3, -0.25) is 0 Å². The number of hydrogen-bond donors (Lipinski definition) is 1. The van der Waals surface area contributed by atoms with Crippen LogP contribution < -0.4 is 10.5 Å². The fourth-order valence-electron chi connectivity index (χ4n) is 1.92. The Morgan fingerprint density at radius 3 is 2.50 bits per heavy atom. The third-order valence-corrected chi connectivity index (χ3v) is 3.23. The van der Waals surface area contributed by atoms with Gasteiger partial charge < -0.3 is 10.5 Å². The predicted octanol–water partition coefficient (Wildman–Crippen LogP) is 3.71. The van der Waals surface area contributed by atoms with E-state index in [9.17, 15) is 0 Å². The molecule has 1 unspecified atom stereocenters. The van der Waals surface area contributed by atoms with Crippen molar-refractivity contribution >= 4 is 11.6 Å². The first-order chi connectivity index (χ1) is 8.61. The van der Waals surface area contributed by atoms with Crippen molar-refractivity contribution in [2.45, 2.75) is 13.0 Å². The van der Waals surface area contributed by atoms with Gasteiger partial charge in [-0.2, -0.15) is 0 Å². The van der Waals surface area contributed by atoms with Crippen LogP contribution in [0, 0.1) is 6.92 Å². The van der Waals surface area contributed by atoms with Gasteiger partial charge in [0.15, 0.2) is 0 Å². The van der Waals surface area contributed by atoms with Gasteiger partial charge in [-0.1, -0.05) is 35.9 Å². The van der Waals surface area contributed by atoms with Gasteiger partial charge in [0.05, 0.1) is 13.2 Å². The van der Waals surface area contributed by atoms with E-state index in [4.69, 9.17) is 22.1 Å². The topological polar surface area (TPSA) is 35.2 Å². The summed E-state index contributed by atoms with van der Waals surface area (Å²) >= 11 is 5.98. The van der Waals surface area contributed by atoms with E-state index in [1.807, 2.05) is 49.4 Å².